The smallest absolute Gasteiger partial charge is 0.310 e. The monoisotopic (exact) mass is 385 g/mol. The molecule has 0 aliphatic rings. The van der Waals surface area contributed by atoms with Crippen molar-refractivity contribution in [2.45, 2.75) is 26.6 Å². The van der Waals surface area contributed by atoms with Crippen LogP contribution in [0.15, 0.2) is 78.9 Å². The van der Waals surface area contributed by atoms with Crippen molar-refractivity contribution in [3.8, 4) is 5.75 Å². The second kappa shape index (κ2) is 8.65. The van der Waals surface area contributed by atoms with Crippen LogP contribution in [-0.2, 0) is 29.2 Å². The Morgan fingerprint density at radius 2 is 1.52 bits per heavy atom. The van der Waals surface area contributed by atoms with Gasteiger partial charge in [-0.15, -0.1) is 0 Å². The van der Waals surface area contributed by atoms with Crippen molar-refractivity contribution >= 4 is 16.9 Å². The molecule has 4 nitrogen and oxygen atoms in total. The number of carbonyl (C=O) groups is 1. The molecule has 1 heterocycles. The number of rotatable bonds is 7. The quantitative estimate of drug-likeness (QED) is 0.437. The van der Waals surface area contributed by atoms with Gasteiger partial charge in [-0.2, -0.15) is 0 Å². The number of nitrogens with one attached hydrogen (secondary N) is 1. The lowest BCUT2D eigenvalue weighted by Crippen LogP contribution is -2.08. The minimum atomic E-state index is -0.242. The lowest BCUT2D eigenvalue weighted by molar-refractivity contribution is -0.144. The first-order valence-electron chi connectivity index (χ1n) is 9.66. The second-order valence-electron chi connectivity index (χ2n) is 7.03. The van der Waals surface area contributed by atoms with E-state index in [1.807, 2.05) is 85.8 Å². The summed E-state index contributed by atoms with van der Waals surface area (Å²) in [5, 5.41) is 0.990. The van der Waals surface area contributed by atoms with Gasteiger partial charge in [-0.25, -0.2) is 0 Å². The van der Waals surface area contributed by atoms with Crippen molar-refractivity contribution in [1.82, 2.24) is 4.98 Å². The molecule has 0 saturated heterocycles. The second-order valence-corrected chi connectivity index (χ2v) is 7.03. The van der Waals surface area contributed by atoms with E-state index >= 15 is 0 Å². The fourth-order valence-corrected chi connectivity index (χ4v) is 3.35. The summed E-state index contributed by atoms with van der Waals surface area (Å²) >= 11 is 0. The summed E-state index contributed by atoms with van der Waals surface area (Å²) in [5.41, 5.74) is 5.00. The molecular weight excluding hydrogens is 362 g/mol. The molecule has 0 fully saturated rings. The summed E-state index contributed by atoms with van der Waals surface area (Å²) in [6.07, 6.45) is 0.223. The number of benzene rings is 3. The van der Waals surface area contributed by atoms with E-state index in [1.165, 1.54) is 0 Å². The van der Waals surface area contributed by atoms with E-state index in [0.29, 0.717) is 6.61 Å². The van der Waals surface area contributed by atoms with Crippen LogP contribution in [0.25, 0.3) is 10.9 Å². The molecule has 1 aromatic heterocycles. The molecule has 1 N–H and O–H groups in total. The Morgan fingerprint density at radius 3 is 2.21 bits per heavy atom. The van der Waals surface area contributed by atoms with E-state index in [-0.39, 0.29) is 19.0 Å². The predicted octanol–water partition coefficient (Wildman–Crippen LogP) is 5.34. The van der Waals surface area contributed by atoms with Crippen LogP contribution in [0.2, 0.25) is 0 Å². The maximum Gasteiger partial charge on any atom is 0.310 e. The topological polar surface area (TPSA) is 51.3 Å². The van der Waals surface area contributed by atoms with Gasteiger partial charge in [0.15, 0.2) is 0 Å². The van der Waals surface area contributed by atoms with E-state index in [2.05, 4.69) is 4.98 Å². The molecule has 0 aliphatic carbocycles. The van der Waals surface area contributed by atoms with E-state index in [9.17, 15) is 4.79 Å². The first kappa shape index (κ1) is 18.8. The normalized spacial score (nSPS) is 10.8. The van der Waals surface area contributed by atoms with Gasteiger partial charge in [0.05, 0.1) is 6.42 Å². The molecule has 4 rings (SSSR count). The van der Waals surface area contributed by atoms with Gasteiger partial charge in [-0.3, -0.25) is 4.79 Å². The minimum Gasteiger partial charge on any atom is -0.489 e. The Bertz CT molecular complexity index is 1100. The van der Waals surface area contributed by atoms with Gasteiger partial charge in [0, 0.05) is 16.6 Å². The molecule has 4 heteroatoms. The summed E-state index contributed by atoms with van der Waals surface area (Å²) in [5.74, 6) is 0.535. The zero-order valence-electron chi connectivity index (χ0n) is 16.4. The largest absolute Gasteiger partial charge is 0.489 e. The third kappa shape index (κ3) is 4.66. The first-order chi connectivity index (χ1) is 14.2. The molecule has 29 heavy (non-hydrogen) atoms. The number of hydrogen-bond donors (Lipinski definition) is 1. The van der Waals surface area contributed by atoms with Crippen molar-refractivity contribution in [3.63, 3.8) is 0 Å². The Balaban J connectivity index is 1.46. The number of ether oxygens (including phenoxy) is 2. The summed E-state index contributed by atoms with van der Waals surface area (Å²) in [7, 11) is 0. The average molecular weight is 385 g/mol. The predicted molar refractivity (Wildman–Crippen MR) is 114 cm³/mol. The van der Waals surface area contributed by atoms with Crippen LogP contribution in [0.3, 0.4) is 0 Å². The highest BCUT2D eigenvalue weighted by molar-refractivity contribution is 5.89. The van der Waals surface area contributed by atoms with Crippen LogP contribution in [0.4, 0.5) is 0 Å². The molecule has 3 aromatic carbocycles. The van der Waals surface area contributed by atoms with Crippen molar-refractivity contribution in [2.75, 3.05) is 0 Å². The molecule has 4 aromatic rings. The van der Waals surface area contributed by atoms with Gasteiger partial charge in [0.25, 0.3) is 0 Å². The molecule has 0 radical (unpaired) electrons. The molecular formula is C25H23NO3. The lowest BCUT2D eigenvalue weighted by Gasteiger charge is -2.08. The van der Waals surface area contributed by atoms with E-state index in [4.69, 9.17) is 9.47 Å². The number of aryl methyl sites for hydroxylation is 1. The van der Waals surface area contributed by atoms with Crippen molar-refractivity contribution in [2.24, 2.45) is 0 Å². The SMILES string of the molecule is Cc1[nH]c2ccc(OCc3ccccc3)cc2c1CC(=O)OCc1ccccc1. The number of carbonyl (C=O) groups excluding carboxylic acids is 1. The summed E-state index contributed by atoms with van der Waals surface area (Å²) in [6.45, 7) is 2.76. The van der Waals surface area contributed by atoms with Crippen LogP contribution < -0.4 is 4.74 Å². The van der Waals surface area contributed by atoms with Crippen molar-refractivity contribution in [3.05, 3.63) is 101 Å². The Kier molecular flexibility index (Phi) is 5.61. The summed E-state index contributed by atoms with van der Waals surface area (Å²) < 4.78 is 11.4. The van der Waals surface area contributed by atoms with Gasteiger partial charge in [-0.05, 0) is 41.8 Å². The Labute approximate surface area is 170 Å². The van der Waals surface area contributed by atoms with Crippen LogP contribution in [-0.4, -0.2) is 11.0 Å². The van der Waals surface area contributed by atoms with Crippen LogP contribution >= 0.6 is 0 Å². The highest BCUT2D eigenvalue weighted by Gasteiger charge is 2.14. The molecule has 146 valence electrons. The highest BCUT2D eigenvalue weighted by atomic mass is 16.5. The molecule has 0 atom stereocenters. The minimum absolute atomic E-state index is 0.223. The molecule has 0 aliphatic heterocycles. The number of hydrogen-bond acceptors (Lipinski definition) is 3. The zero-order valence-corrected chi connectivity index (χ0v) is 16.4. The third-order valence-electron chi connectivity index (χ3n) is 4.90. The fraction of sp³-hybridized carbons (Fsp3) is 0.160. The number of esters is 1. The highest BCUT2D eigenvalue weighted by Crippen LogP contribution is 2.27. The number of aromatic amines is 1. The molecule has 0 bridgehead atoms. The van der Waals surface area contributed by atoms with E-state index in [0.717, 1.165) is 39.0 Å². The lowest BCUT2D eigenvalue weighted by atomic mass is 10.1. The standard InChI is InChI=1S/C25H23NO3/c1-18-22(15-25(27)29-17-20-10-6-3-7-11-20)23-14-21(12-13-24(23)26-18)28-16-19-8-4-2-5-9-19/h2-14,26H,15-17H2,1H3. The fourth-order valence-electron chi connectivity index (χ4n) is 3.35. The number of aromatic nitrogens is 1. The maximum absolute atomic E-state index is 12.4. The Hall–Kier alpha value is -3.53. The molecule has 0 amide bonds. The number of H-pyrrole nitrogens is 1. The van der Waals surface area contributed by atoms with Gasteiger partial charge in [0.2, 0.25) is 0 Å². The molecule has 0 saturated carbocycles. The average Bonchev–Trinajstić information content (AvgIpc) is 3.07. The first-order valence-corrected chi connectivity index (χ1v) is 9.66. The zero-order chi connectivity index (χ0) is 20.1. The van der Waals surface area contributed by atoms with Crippen molar-refractivity contribution < 1.29 is 14.3 Å². The Morgan fingerprint density at radius 1 is 0.862 bits per heavy atom. The summed E-state index contributed by atoms with van der Waals surface area (Å²) in [6, 6.07) is 25.7. The van der Waals surface area contributed by atoms with Gasteiger partial charge in [-0.1, -0.05) is 60.7 Å². The van der Waals surface area contributed by atoms with Gasteiger partial charge < -0.3 is 14.5 Å². The number of fused-ring (bicyclic) bond motifs is 1. The third-order valence-corrected chi connectivity index (χ3v) is 4.90. The van der Waals surface area contributed by atoms with Crippen molar-refractivity contribution in [1.29, 1.82) is 0 Å². The van der Waals surface area contributed by atoms with Crippen LogP contribution in [0.1, 0.15) is 22.4 Å². The van der Waals surface area contributed by atoms with Crippen LogP contribution in [0.5, 0.6) is 5.75 Å². The summed E-state index contributed by atoms with van der Waals surface area (Å²) in [4.78, 5) is 15.8. The van der Waals surface area contributed by atoms with Gasteiger partial charge in [0.1, 0.15) is 19.0 Å². The molecule has 0 unspecified atom stereocenters. The van der Waals surface area contributed by atoms with Crippen LogP contribution in [0, 0.1) is 6.92 Å². The maximum atomic E-state index is 12.4. The van der Waals surface area contributed by atoms with Gasteiger partial charge >= 0.3 is 5.97 Å². The van der Waals surface area contributed by atoms with E-state index in [1.54, 1.807) is 0 Å². The molecule has 0 spiro atoms. The van der Waals surface area contributed by atoms with E-state index < -0.39 is 0 Å².